The molecule has 0 bridgehead atoms. The van der Waals surface area contributed by atoms with E-state index in [0.29, 0.717) is 23.8 Å². The normalized spacial score (nSPS) is 10.7. The summed E-state index contributed by atoms with van der Waals surface area (Å²) in [6.07, 6.45) is 0.255. The molecule has 0 fully saturated rings. The van der Waals surface area contributed by atoms with Crippen molar-refractivity contribution in [2.45, 2.75) is 20.3 Å². The van der Waals surface area contributed by atoms with Gasteiger partial charge >= 0.3 is 12.0 Å². The van der Waals surface area contributed by atoms with E-state index < -0.39 is 0 Å². The molecule has 0 aliphatic carbocycles. The molecule has 2 aromatic heterocycles. The number of hydrogen-bond acceptors (Lipinski definition) is 8. The second-order valence-corrected chi connectivity index (χ2v) is 6.17. The maximum atomic E-state index is 5.59. The molecule has 0 amide bonds. The number of anilines is 4. The Labute approximate surface area is 155 Å². The summed E-state index contributed by atoms with van der Waals surface area (Å²) in [6, 6.07) is 16.4. The van der Waals surface area contributed by atoms with Crippen LogP contribution in [0, 0.1) is 13.8 Å². The zero-order chi connectivity index (χ0) is 18.6. The Kier molecular flexibility index (Phi) is 4.52. The largest absolute Gasteiger partial charge is 0.407 e. The lowest BCUT2D eigenvalue weighted by atomic mass is 10.2. The van der Waals surface area contributed by atoms with E-state index in [9.17, 15) is 0 Å². The van der Waals surface area contributed by atoms with Gasteiger partial charge in [-0.3, -0.25) is 0 Å². The zero-order valence-corrected chi connectivity index (χ0v) is 14.9. The second kappa shape index (κ2) is 7.28. The molecule has 2 aromatic carbocycles. The van der Waals surface area contributed by atoms with Gasteiger partial charge in [-0.1, -0.05) is 34.5 Å². The molecular weight excluding hydrogens is 344 g/mol. The summed E-state index contributed by atoms with van der Waals surface area (Å²) in [5.74, 6) is 0.770. The van der Waals surface area contributed by atoms with Crippen LogP contribution in [0.5, 0.6) is 0 Å². The monoisotopic (exact) mass is 362 g/mol. The Balaban J connectivity index is 1.40. The summed E-state index contributed by atoms with van der Waals surface area (Å²) in [4.78, 5) is 0. The van der Waals surface area contributed by atoms with Crippen molar-refractivity contribution < 1.29 is 8.83 Å². The smallest absolute Gasteiger partial charge is 0.320 e. The number of aromatic nitrogens is 4. The summed E-state index contributed by atoms with van der Waals surface area (Å²) >= 11 is 0. The molecule has 4 rings (SSSR count). The first-order valence-corrected chi connectivity index (χ1v) is 8.46. The van der Waals surface area contributed by atoms with Gasteiger partial charge in [-0.05, 0) is 49.2 Å². The lowest BCUT2D eigenvalue weighted by Crippen LogP contribution is -1.90. The first-order chi connectivity index (χ1) is 13.1. The average Bonchev–Trinajstić information content (AvgIpc) is 3.25. The van der Waals surface area contributed by atoms with Crippen molar-refractivity contribution in [1.82, 2.24) is 20.4 Å². The third kappa shape index (κ3) is 4.30. The predicted octanol–water partition coefficient (Wildman–Crippen LogP) is 4.15. The highest BCUT2D eigenvalue weighted by atomic mass is 16.4. The molecular formula is C19H18N6O2. The predicted molar refractivity (Wildman–Crippen MR) is 100 cm³/mol. The highest BCUT2D eigenvalue weighted by Gasteiger charge is 2.13. The molecule has 2 heterocycles. The highest BCUT2D eigenvalue weighted by molar-refractivity contribution is 5.53. The molecule has 136 valence electrons. The Morgan fingerprint density at radius 2 is 1.19 bits per heavy atom. The van der Waals surface area contributed by atoms with Gasteiger partial charge in [0.1, 0.15) is 6.42 Å². The fourth-order valence-corrected chi connectivity index (χ4v) is 2.57. The minimum Gasteiger partial charge on any atom is -0.407 e. The topological polar surface area (TPSA) is 102 Å². The minimum atomic E-state index is 0.255. The van der Waals surface area contributed by atoms with Crippen LogP contribution in [0.15, 0.2) is 57.4 Å². The summed E-state index contributed by atoms with van der Waals surface area (Å²) in [6.45, 7) is 4.03. The molecule has 0 saturated carbocycles. The molecule has 0 aliphatic heterocycles. The first kappa shape index (κ1) is 16.8. The van der Waals surface area contributed by atoms with E-state index in [2.05, 4.69) is 31.0 Å². The minimum absolute atomic E-state index is 0.255. The van der Waals surface area contributed by atoms with Crippen molar-refractivity contribution in [1.29, 1.82) is 0 Å². The maximum absolute atomic E-state index is 5.59. The molecule has 8 nitrogen and oxygen atoms in total. The second-order valence-electron chi connectivity index (χ2n) is 6.17. The van der Waals surface area contributed by atoms with Crippen LogP contribution >= 0.6 is 0 Å². The van der Waals surface area contributed by atoms with Crippen molar-refractivity contribution in [3.05, 3.63) is 71.4 Å². The van der Waals surface area contributed by atoms with Gasteiger partial charge in [0.2, 0.25) is 11.8 Å². The van der Waals surface area contributed by atoms with Gasteiger partial charge in [-0.15, -0.1) is 10.2 Å². The van der Waals surface area contributed by atoms with Crippen molar-refractivity contribution in [3.8, 4) is 0 Å². The lowest BCUT2D eigenvalue weighted by Gasteiger charge is -2.01. The third-order valence-electron chi connectivity index (χ3n) is 3.77. The van der Waals surface area contributed by atoms with Crippen LogP contribution in [0.1, 0.15) is 22.9 Å². The molecule has 4 aromatic rings. The third-order valence-corrected chi connectivity index (χ3v) is 3.77. The van der Waals surface area contributed by atoms with Gasteiger partial charge in [-0.25, -0.2) is 0 Å². The molecule has 0 aliphatic rings. The molecule has 0 atom stereocenters. The van der Waals surface area contributed by atoms with Crippen molar-refractivity contribution in [2.24, 2.45) is 0 Å². The fraction of sp³-hybridized carbons (Fsp3) is 0.158. The van der Waals surface area contributed by atoms with Crippen LogP contribution in [-0.4, -0.2) is 20.4 Å². The van der Waals surface area contributed by atoms with Crippen molar-refractivity contribution >= 4 is 23.4 Å². The summed E-state index contributed by atoms with van der Waals surface area (Å²) in [7, 11) is 0. The van der Waals surface area contributed by atoms with Gasteiger partial charge < -0.3 is 19.5 Å². The summed E-state index contributed by atoms with van der Waals surface area (Å²) in [5.41, 5.74) is 4.04. The summed E-state index contributed by atoms with van der Waals surface area (Å²) in [5, 5.41) is 22.1. The van der Waals surface area contributed by atoms with E-state index in [1.165, 1.54) is 0 Å². The van der Waals surface area contributed by atoms with E-state index in [0.717, 1.165) is 22.5 Å². The van der Waals surface area contributed by atoms with Gasteiger partial charge in [0.15, 0.2) is 0 Å². The van der Waals surface area contributed by atoms with Crippen LogP contribution in [-0.2, 0) is 6.42 Å². The maximum Gasteiger partial charge on any atom is 0.320 e. The fourth-order valence-electron chi connectivity index (χ4n) is 2.57. The quantitative estimate of drug-likeness (QED) is 0.527. The van der Waals surface area contributed by atoms with Crippen LogP contribution in [0.4, 0.5) is 23.4 Å². The van der Waals surface area contributed by atoms with Crippen LogP contribution in [0.2, 0.25) is 0 Å². The van der Waals surface area contributed by atoms with Gasteiger partial charge in [0.25, 0.3) is 0 Å². The van der Waals surface area contributed by atoms with Crippen LogP contribution < -0.4 is 10.6 Å². The van der Waals surface area contributed by atoms with Gasteiger partial charge in [0.05, 0.1) is 0 Å². The highest BCUT2D eigenvalue weighted by Crippen LogP contribution is 2.19. The zero-order valence-electron chi connectivity index (χ0n) is 14.9. The number of hydrogen-bond donors (Lipinski definition) is 2. The Bertz CT molecular complexity index is 972. The van der Waals surface area contributed by atoms with E-state index in [-0.39, 0.29) is 6.42 Å². The van der Waals surface area contributed by atoms with E-state index in [1.807, 2.05) is 62.4 Å². The molecule has 0 saturated heterocycles. The Morgan fingerprint density at radius 3 is 1.63 bits per heavy atom. The van der Waals surface area contributed by atoms with E-state index in [1.54, 1.807) is 0 Å². The Hall–Kier alpha value is -3.68. The molecule has 8 heteroatoms. The van der Waals surface area contributed by atoms with E-state index >= 15 is 0 Å². The van der Waals surface area contributed by atoms with Gasteiger partial charge in [0, 0.05) is 11.4 Å². The number of nitrogens with one attached hydrogen (secondary N) is 2. The number of nitrogens with zero attached hydrogens (tertiary/aromatic N) is 4. The average molecular weight is 362 g/mol. The molecule has 0 spiro atoms. The lowest BCUT2D eigenvalue weighted by molar-refractivity contribution is 0.469. The molecule has 0 unspecified atom stereocenters. The first-order valence-electron chi connectivity index (χ1n) is 8.46. The van der Waals surface area contributed by atoms with Crippen molar-refractivity contribution in [3.63, 3.8) is 0 Å². The standard InChI is InChI=1S/C19H18N6O2/c1-12-5-3-7-14(9-12)20-18-24-22-16(26-18)11-17-23-25-19(27-17)21-15-8-4-6-13(2)10-15/h3-10H,11H2,1-2H3,(H,20,24)(H,21,25). The van der Waals surface area contributed by atoms with Crippen LogP contribution in [0.3, 0.4) is 0 Å². The van der Waals surface area contributed by atoms with Crippen molar-refractivity contribution in [2.75, 3.05) is 10.6 Å². The number of benzene rings is 2. The molecule has 27 heavy (non-hydrogen) atoms. The SMILES string of the molecule is Cc1cccc(Nc2nnc(Cc3nnc(Nc4cccc(C)c4)o3)o2)c1. The number of rotatable bonds is 6. The Morgan fingerprint density at radius 1 is 0.704 bits per heavy atom. The number of aryl methyl sites for hydroxylation is 2. The molecule has 2 N–H and O–H groups in total. The summed E-state index contributed by atoms with van der Waals surface area (Å²) < 4.78 is 11.2. The molecule has 0 radical (unpaired) electrons. The van der Waals surface area contributed by atoms with E-state index in [4.69, 9.17) is 8.83 Å². The van der Waals surface area contributed by atoms with Crippen LogP contribution in [0.25, 0.3) is 0 Å². The van der Waals surface area contributed by atoms with Gasteiger partial charge in [-0.2, -0.15) is 0 Å².